The maximum Gasteiger partial charge on any atom is 0.432 e. The van der Waals surface area contributed by atoms with Crippen molar-refractivity contribution in [1.29, 1.82) is 0 Å². The molecule has 176 valence electrons. The summed E-state index contributed by atoms with van der Waals surface area (Å²) >= 11 is 6.18. The number of carbonyl (C=O) groups is 1. The highest BCUT2D eigenvalue weighted by Crippen LogP contribution is 2.20. The quantitative estimate of drug-likeness (QED) is 0.258. The van der Waals surface area contributed by atoms with Gasteiger partial charge in [0.05, 0.1) is 10.6 Å². The van der Waals surface area contributed by atoms with Crippen molar-refractivity contribution in [3.63, 3.8) is 0 Å². The molecule has 1 amide bonds. The molecule has 0 fully saturated rings. The molecule has 0 aliphatic carbocycles. The number of alkyl halides is 3. The summed E-state index contributed by atoms with van der Waals surface area (Å²) in [6, 6.07) is 7.17. The molecule has 2 rings (SSSR count). The van der Waals surface area contributed by atoms with Crippen molar-refractivity contribution in [2.24, 2.45) is 9.98 Å². The molecule has 33 heavy (non-hydrogen) atoms. The highest BCUT2D eigenvalue weighted by molar-refractivity contribution is 7.27. The van der Waals surface area contributed by atoms with Gasteiger partial charge in [0.1, 0.15) is 11.5 Å². The summed E-state index contributed by atoms with van der Waals surface area (Å²) in [6.45, 7) is 4.82. The molecule has 11 heteroatoms. The van der Waals surface area contributed by atoms with Gasteiger partial charge in [-0.2, -0.15) is 18.2 Å². The minimum absolute atomic E-state index is 0.0122. The number of guanidine groups is 1. The monoisotopic (exact) mass is 500 g/mol. The summed E-state index contributed by atoms with van der Waals surface area (Å²) in [5, 5.41) is 6.24. The van der Waals surface area contributed by atoms with E-state index in [4.69, 9.17) is 11.6 Å². The molecule has 0 heterocycles. The van der Waals surface area contributed by atoms with Crippen molar-refractivity contribution in [2.75, 3.05) is 12.4 Å². The Morgan fingerprint density at radius 1 is 1.15 bits per heavy atom. The summed E-state index contributed by atoms with van der Waals surface area (Å²) < 4.78 is 52.9. The van der Waals surface area contributed by atoms with Gasteiger partial charge in [-0.3, -0.25) is 9.79 Å². The van der Waals surface area contributed by atoms with E-state index in [0.717, 1.165) is 30.1 Å². The van der Waals surface area contributed by atoms with Crippen LogP contribution in [0.5, 0.6) is 0 Å². The van der Waals surface area contributed by atoms with Gasteiger partial charge in [-0.1, -0.05) is 11.6 Å². The highest BCUT2D eigenvalue weighted by Gasteiger charge is 2.33. The molecule has 0 spiro atoms. The van der Waals surface area contributed by atoms with Crippen LogP contribution in [0.3, 0.4) is 0 Å². The maximum atomic E-state index is 13.8. The zero-order valence-corrected chi connectivity index (χ0v) is 20.1. The topological polar surface area (TPSA) is 65.8 Å². The van der Waals surface area contributed by atoms with Crippen molar-refractivity contribution < 1.29 is 22.4 Å². The Hall–Kier alpha value is -2.77. The first kappa shape index (κ1) is 26.5. The Morgan fingerprint density at radius 3 is 2.39 bits per heavy atom. The van der Waals surface area contributed by atoms with Gasteiger partial charge in [0.25, 0.3) is 5.91 Å². The van der Waals surface area contributed by atoms with E-state index in [1.54, 1.807) is 19.1 Å². The Kier molecular flexibility index (Phi) is 8.75. The minimum atomic E-state index is -4.66. The Morgan fingerprint density at radius 2 is 1.82 bits per heavy atom. The number of aryl methyl sites for hydroxylation is 2. The van der Waals surface area contributed by atoms with E-state index in [-0.39, 0.29) is 27.9 Å². The summed E-state index contributed by atoms with van der Waals surface area (Å²) in [4.78, 5) is 20.0. The lowest BCUT2D eigenvalue weighted by molar-refractivity contribution is -0.0578. The molecule has 0 saturated carbocycles. The third-order valence-corrected chi connectivity index (χ3v) is 5.24. The van der Waals surface area contributed by atoms with E-state index >= 15 is 0 Å². The van der Waals surface area contributed by atoms with E-state index in [0.29, 0.717) is 5.56 Å². The number of allylic oxidation sites excluding steroid dienone is 2. The second-order valence-corrected chi connectivity index (χ2v) is 8.18. The van der Waals surface area contributed by atoms with E-state index < -0.39 is 23.6 Å². The lowest BCUT2D eigenvalue weighted by Gasteiger charge is -2.15. The van der Waals surface area contributed by atoms with E-state index in [1.807, 2.05) is 6.92 Å². The maximum absolute atomic E-state index is 13.8. The van der Waals surface area contributed by atoms with Gasteiger partial charge in [0, 0.05) is 18.4 Å². The molecule has 2 aromatic rings. The SMILES string of the molecule is C/N=C(\C=C(/C)N/C(=N\C(=O)c1cc(P)c(C)cc1Cl)Nc1cc(C)cc(F)c1)C(F)(F)F. The smallest absolute Gasteiger partial charge is 0.330 e. The standard InChI is InChI=1S/C22H22ClF4N4OP/c1-11-5-14(24)9-15(6-11)30-21(29-13(3)8-19(28-4)22(25,26)27)31-20(32)16-10-18(33)12(2)7-17(16)23/h5-10H,33H2,1-4H3,(H2,29,30,31,32)/b13-8+,28-19+. The Bertz CT molecular complexity index is 1140. The van der Waals surface area contributed by atoms with Crippen LogP contribution in [0, 0.1) is 19.7 Å². The number of aliphatic imine (C=N–C) groups is 2. The van der Waals surface area contributed by atoms with Crippen molar-refractivity contribution >= 4 is 49.4 Å². The lowest BCUT2D eigenvalue weighted by atomic mass is 10.1. The number of carbonyl (C=O) groups excluding carboxylic acids is 1. The number of rotatable bonds is 4. The molecule has 0 aliphatic rings. The molecule has 0 aromatic heterocycles. The first-order chi connectivity index (χ1) is 15.3. The minimum Gasteiger partial charge on any atom is -0.330 e. The Labute approximate surface area is 196 Å². The molecule has 2 aromatic carbocycles. The van der Waals surface area contributed by atoms with Gasteiger partial charge < -0.3 is 10.6 Å². The van der Waals surface area contributed by atoms with Gasteiger partial charge in [-0.05, 0) is 73.6 Å². The summed E-state index contributed by atoms with van der Waals surface area (Å²) in [6.07, 6.45) is -3.90. The number of anilines is 1. The number of benzene rings is 2. The van der Waals surface area contributed by atoms with Gasteiger partial charge >= 0.3 is 6.18 Å². The van der Waals surface area contributed by atoms with Gasteiger partial charge in [-0.25, -0.2) is 4.39 Å². The molecule has 5 nitrogen and oxygen atoms in total. The molecule has 2 N–H and O–H groups in total. The molecule has 0 radical (unpaired) electrons. The van der Waals surface area contributed by atoms with Crippen LogP contribution in [0.15, 0.2) is 52.1 Å². The third-order valence-electron chi connectivity index (χ3n) is 4.30. The Balaban J connectivity index is 2.48. The number of nitrogens with one attached hydrogen (secondary N) is 2. The van der Waals surface area contributed by atoms with Crippen molar-refractivity contribution in [2.45, 2.75) is 26.9 Å². The highest BCUT2D eigenvalue weighted by atomic mass is 35.5. The van der Waals surface area contributed by atoms with E-state index in [1.165, 1.54) is 19.1 Å². The second kappa shape index (κ2) is 10.9. The zero-order chi connectivity index (χ0) is 24.9. The fourth-order valence-corrected chi connectivity index (χ4v) is 3.30. The lowest BCUT2D eigenvalue weighted by Crippen LogP contribution is -2.32. The van der Waals surface area contributed by atoms with Crippen molar-refractivity contribution in [3.8, 4) is 0 Å². The van der Waals surface area contributed by atoms with Crippen LogP contribution < -0.4 is 15.9 Å². The molecule has 0 saturated heterocycles. The predicted octanol–water partition coefficient (Wildman–Crippen LogP) is 5.33. The summed E-state index contributed by atoms with van der Waals surface area (Å²) in [7, 11) is 3.49. The average Bonchev–Trinajstić information content (AvgIpc) is 2.67. The fraction of sp³-hybridized carbons (Fsp3) is 0.227. The molecule has 0 aliphatic heterocycles. The van der Waals surface area contributed by atoms with Crippen LogP contribution in [0.1, 0.15) is 28.4 Å². The van der Waals surface area contributed by atoms with Crippen LogP contribution >= 0.6 is 20.8 Å². The molecule has 1 unspecified atom stereocenters. The van der Waals surface area contributed by atoms with Gasteiger partial charge in [-0.15, -0.1) is 9.24 Å². The number of nitrogens with zero attached hydrogens (tertiary/aromatic N) is 2. The van der Waals surface area contributed by atoms with Crippen LogP contribution in [0.4, 0.5) is 23.2 Å². The fourth-order valence-electron chi connectivity index (χ4n) is 2.75. The van der Waals surface area contributed by atoms with Crippen LogP contribution in [0.2, 0.25) is 5.02 Å². The first-order valence-corrected chi connectivity index (χ1v) is 10.5. The van der Waals surface area contributed by atoms with Gasteiger partial charge in [0.2, 0.25) is 5.96 Å². The van der Waals surface area contributed by atoms with Crippen LogP contribution in [-0.4, -0.2) is 30.8 Å². The first-order valence-electron chi connectivity index (χ1n) is 9.52. The van der Waals surface area contributed by atoms with E-state index in [2.05, 4.69) is 29.9 Å². The van der Waals surface area contributed by atoms with Crippen LogP contribution in [0.25, 0.3) is 0 Å². The normalized spacial score (nSPS) is 13.2. The van der Waals surface area contributed by atoms with Crippen molar-refractivity contribution in [3.05, 3.63) is 69.6 Å². The van der Waals surface area contributed by atoms with E-state index in [9.17, 15) is 22.4 Å². The number of halogens is 5. The van der Waals surface area contributed by atoms with Crippen molar-refractivity contribution in [1.82, 2.24) is 5.32 Å². The van der Waals surface area contributed by atoms with Crippen LogP contribution in [-0.2, 0) is 0 Å². The zero-order valence-electron chi connectivity index (χ0n) is 18.2. The molecular formula is C22H22ClF4N4OP. The number of amides is 1. The molecular weight excluding hydrogens is 479 g/mol. The molecule has 1 atom stereocenters. The number of hydrogen-bond acceptors (Lipinski definition) is 2. The summed E-state index contributed by atoms with van der Waals surface area (Å²) in [5.41, 5.74) is 0.616. The predicted molar refractivity (Wildman–Crippen MR) is 128 cm³/mol. The third kappa shape index (κ3) is 7.65. The second-order valence-electron chi connectivity index (χ2n) is 7.16. The molecule has 0 bridgehead atoms. The number of hydrogen-bond donors (Lipinski definition) is 2. The summed E-state index contributed by atoms with van der Waals surface area (Å²) in [5.74, 6) is -1.51. The average molecular weight is 501 g/mol. The largest absolute Gasteiger partial charge is 0.432 e. The van der Waals surface area contributed by atoms with Gasteiger partial charge in [0.15, 0.2) is 0 Å².